The van der Waals surface area contributed by atoms with Crippen molar-refractivity contribution in [3.63, 3.8) is 0 Å². The van der Waals surface area contributed by atoms with Crippen molar-refractivity contribution in [1.29, 1.82) is 5.41 Å². The van der Waals surface area contributed by atoms with E-state index in [0.29, 0.717) is 16.4 Å². The van der Waals surface area contributed by atoms with Crippen molar-refractivity contribution < 1.29 is 5.11 Å². The van der Waals surface area contributed by atoms with Gasteiger partial charge in [-0.15, -0.1) is 0 Å². The number of hydrazone groups is 1. The Labute approximate surface area is 161 Å². The van der Waals surface area contributed by atoms with Crippen LogP contribution in [0.1, 0.15) is 52.7 Å². The Morgan fingerprint density at radius 1 is 1.04 bits per heavy atom. The maximum absolute atomic E-state index is 10.9. The first-order chi connectivity index (χ1) is 11.8. The highest BCUT2D eigenvalue weighted by molar-refractivity contribution is 6.52. The van der Waals surface area contributed by atoms with Gasteiger partial charge in [-0.25, -0.2) is 0 Å². The third-order valence-electron chi connectivity index (χ3n) is 4.33. The molecule has 5 heteroatoms. The first kappa shape index (κ1) is 20.2. The van der Waals surface area contributed by atoms with Gasteiger partial charge in [0, 0.05) is 17.6 Å². The van der Waals surface area contributed by atoms with Gasteiger partial charge in [0.15, 0.2) is 0 Å². The van der Waals surface area contributed by atoms with Crippen molar-refractivity contribution in [2.45, 2.75) is 52.4 Å². The van der Waals surface area contributed by atoms with Crippen LogP contribution in [0.4, 0.5) is 5.69 Å². The fraction of sp³-hybridized carbons (Fsp3) is 0.429. The second-order valence-corrected chi connectivity index (χ2v) is 9.11. The Morgan fingerprint density at radius 2 is 1.65 bits per heavy atom. The maximum atomic E-state index is 10.9. The van der Waals surface area contributed by atoms with Crippen LogP contribution in [-0.2, 0) is 10.8 Å². The Kier molecular flexibility index (Phi) is 5.39. The third kappa shape index (κ3) is 4.36. The number of benzene rings is 1. The van der Waals surface area contributed by atoms with Crippen LogP contribution in [-0.4, -0.2) is 23.6 Å². The molecule has 0 aliphatic heterocycles. The molecule has 0 fully saturated rings. The summed E-state index contributed by atoms with van der Waals surface area (Å²) in [5.74, 6) is 0.220. The van der Waals surface area contributed by atoms with E-state index < -0.39 is 0 Å². The first-order valence-corrected chi connectivity index (χ1v) is 9.03. The number of phenolic OH excluding ortho intramolecular Hbond substituents is 1. The quantitative estimate of drug-likeness (QED) is 0.531. The van der Waals surface area contributed by atoms with E-state index in [4.69, 9.17) is 17.0 Å². The summed E-state index contributed by atoms with van der Waals surface area (Å²) in [6, 6.07) is 4.04. The molecule has 0 saturated heterocycles. The lowest BCUT2D eigenvalue weighted by molar-refractivity contribution is 0.444. The normalized spacial score (nSPS) is 16.8. The van der Waals surface area contributed by atoms with E-state index in [0.717, 1.165) is 11.1 Å². The van der Waals surface area contributed by atoms with Crippen LogP contribution in [0.25, 0.3) is 0 Å². The van der Waals surface area contributed by atoms with Crippen molar-refractivity contribution in [2.24, 2.45) is 5.10 Å². The second-order valence-electron chi connectivity index (χ2n) is 8.68. The zero-order chi connectivity index (χ0) is 19.9. The largest absolute Gasteiger partial charge is 0.505 e. The zero-order valence-corrected chi connectivity index (χ0v) is 17.4. The molecule has 0 radical (unpaired) electrons. The highest BCUT2D eigenvalue weighted by Gasteiger charge is 2.26. The number of aromatic hydroxyl groups is 1. The van der Waals surface area contributed by atoms with Gasteiger partial charge in [0.2, 0.25) is 0 Å². The third-order valence-corrected chi connectivity index (χ3v) is 4.56. The van der Waals surface area contributed by atoms with Gasteiger partial charge < -0.3 is 5.11 Å². The molecule has 0 spiro atoms. The Morgan fingerprint density at radius 3 is 2.15 bits per heavy atom. The molecule has 2 N–H and O–H groups in total. The van der Waals surface area contributed by atoms with Crippen molar-refractivity contribution in [2.75, 3.05) is 12.1 Å². The number of rotatable bonds is 2. The summed E-state index contributed by atoms with van der Waals surface area (Å²) >= 11 is 5.92. The van der Waals surface area contributed by atoms with Gasteiger partial charge in [0.25, 0.3) is 0 Å². The average molecular weight is 374 g/mol. The minimum atomic E-state index is -0.207. The number of hydrogen-bond donors (Lipinski definition) is 2. The van der Waals surface area contributed by atoms with E-state index in [1.165, 1.54) is 0 Å². The molecule has 2 rings (SSSR count). The monoisotopic (exact) mass is 373 g/mol. The van der Waals surface area contributed by atoms with Crippen LogP contribution in [0.2, 0.25) is 0 Å². The smallest absolute Gasteiger partial charge is 0.144 e. The van der Waals surface area contributed by atoms with Gasteiger partial charge in [-0.3, -0.25) is 10.4 Å². The summed E-state index contributed by atoms with van der Waals surface area (Å²) in [4.78, 5) is 0. The molecule has 0 heterocycles. The van der Waals surface area contributed by atoms with Gasteiger partial charge in [-0.1, -0.05) is 59.2 Å². The molecule has 0 aromatic heterocycles. The summed E-state index contributed by atoms with van der Waals surface area (Å²) in [7, 11) is 1.78. The summed E-state index contributed by atoms with van der Waals surface area (Å²) in [6.07, 6.45) is 4.97. The molecule has 4 nitrogen and oxygen atoms in total. The van der Waals surface area contributed by atoms with Gasteiger partial charge in [-0.2, -0.15) is 5.10 Å². The molecule has 1 aliphatic carbocycles. The Balaban J connectivity index is 2.58. The molecule has 0 atom stereocenters. The number of hydrogen-bond acceptors (Lipinski definition) is 4. The minimum absolute atomic E-state index is 0.0653. The van der Waals surface area contributed by atoms with Crippen LogP contribution in [0.5, 0.6) is 5.75 Å². The SMILES string of the molecule is CN(/N=C1/C=CC(Cl)=CC1=N)c1cc(C(C)(C)C)cc(C(C)(C)C)c1O. The number of nitrogens with one attached hydrogen (secondary N) is 1. The highest BCUT2D eigenvalue weighted by atomic mass is 35.5. The van der Waals surface area contributed by atoms with E-state index in [1.54, 1.807) is 30.3 Å². The lowest BCUT2D eigenvalue weighted by Gasteiger charge is -2.29. The first-order valence-electron chi connectivity index (χ1n) is 8.65. The van der Waals surface area contributed by atoms with E-state index >= 15 is 0 Å². The van der Waals surface area contributed by atoms with Crippen LogP contribution in [0.3, 0.4) is 0 Å². The Hall–Kier alpha value is -2.07. The molecular formula is C21H28ClN3O. The maximum Gasteiger partial charge on any atom is 0.144 e. The second kappa shape index (κ2) is 6.92. The van der Waals surface area contributed by atoms with Gasteiger partial charge >= 0.3 is 0 Å². The molecule has 140 valence electrons. The number of halogens is 1. The lowest BCUT2D eigenvalue weighted by Crippen LogP contribution is -2.21. The van der Waals surface area contributed by atoms with Crippen LogP contribution < -0.4 is 5.01 Å². The number of phenols is 1. The van der Waals surface area contributed by atoms with Gasteiger partial charge in [0.1, 0.15) is 17.1 Å². The summed E-state index contributed by atoms with van der Waals surface area (Å²) in [6.45, 7) is 12.7. The molecule has 0 amide bonds. The zero-order valence-electron chi connectivity index (χ0n) is 16.6. The number of nitrogens with zero attached hydrogens (tertiary/aromatic N) is 2. The standard InChI is InChI=1S/C21H28ClN3O/c1-20(2,3)13-10-15(21(4,5)6)19(26)18(11-13)25(7)24-17-9-8-14(22)12-16(17)23/h8-12,23,26H,1-7H3/b23-16?,24-17-. The van der Waals surface area contributed by atoms with E-state index in [-0.39, 0.29) is 22.3 Å². The van der Waals surface area contributed by atoms with Crippen molar-refractivity contribution in [1.82, 2.24) is 0 Å². The fourth-order valence-corrected chi connectivity index (χ4v) is 2.85. The van der Waals surface area contributed by atoms with Gasteiger partial charge in [0.05, 0.1) is 5.71 Å². The fourth-order valence-electron chi connectivity index (χ4n) is 2.68. The van der Waals surface area contributed by atoms with Crippen molar-refractivity contribution in [3.8, 4) is 5.75 Å². The molecule has 1 aromatic carbocycles. The van der Waals surface area contributed by atoms with Crippen molar-refractivity contribution in [3.05, 3.63) is 46.5 Å². The molecule has 0 saturated carbocycles. The lowest BCUT2D eigenvalue weighted by atomic mass is 9.79. The average Bonchev–Trinajstić information content (AvgIpc) is 2.47. The molecule has 1 aromatic rings. The van der Waals surface area contributed by atoms with Crippen molar-refractivity contribution >= 4 is 28.7 Å². The predicted molar refractivity (Wildman–Crippen MR) is 112 cm³/mol. The molecule has 0 unspecified atom stereocenters. The van der Waals surface area contributed by atoms with E-state index in [1.807, 2.05) is 6.07 Å². The number of anilines is 1. The molecular weight excluding hydrogens is 346 g/mol. The predicted octanol–water partition coefficient (Wildman–Crippen LogP) is 5.49. The molecule has 0 bridgehead atoms. The van der Waals surface area contributed by atoms with Crippen LogP contribution in [0, 0.1) is 5.41 Å². The minimum Gasteiger partial charge on any atom is -0.505 e. The summed E-state index contributed by atoms with van der Waals surface area (Å²) < 4.78 is 0. The molecule has 26 heavy (non-hydrogen) atoms. The topological polar surface area (TPSA) is 59.7 Å². The van der Waals surface area contributed by atoms with E-state index in [2.05, 4.69) is 52.7 Å². The highest BCUT2D eigenvalue weighted by Crippen LogP contribution is 2.41. The summed E-state index contributed by atoms with van der Waals surface area (Å²) in [5, 5.41) is 25.6. The molecule has 1 aliphatic rings. The summed E-state index contributed by atoms with van der Waals surface area (Å²) in [5.41, 5.74) is 3.09. The number of allylic oxidation sites excluding steroid dienone is 4. The van der Waals surface area contributed by atoms with E-state index in [9.17, 15) is 5.11 Å². The van der Waals surface area contributed by atoms with Crippen LogP contribution in [0.15, 0.2) is 40.5 Å². The Bertz CT molecular complexity index is 821. The van der Waals surface area contributed by atoms with Crippen LogP contribution >= 0.6 is 11.6 Å². The van der Waals surface area contributed by atoms with Gasteiger partial charge in [-0.05, 0) is 40.7 Å².